The minimum atomic E-state index is -0.675. The summed E-state index contributed by atoms with van der Waals surface area (Å²) in [5, 5.41) is 0. The molecule has 2 N–H and O–H groups in total. The fourth-order valence-corrected chi connectivity index (χ4v) is 3.81. The highest BCUT2D eigenvalue weighted by Gasteiger charge is 2.33. The molecule has 4 rings (SSSR count). The average molecular weight is 372 g/mol. The molecule has 0 spiro atoms. The summed E-state index contributed by atoms with van der Waals surface area (Å²) in [6.45, 7) is 0.451. The van der Waals surface area contributed by atoms with Crippen LogP contribution in [0.4, 0.5) is 5.69 Å². The number of benzene rings is 2. The largest absolute Gasteiger partial charge is 0.367 e. The maximum atomic E-state index is 13.0. The van der Waals surface area contributed by atoms with Gasteiger partial charge in [0, 0.05) is 37.1 Å². The molecule has 1 aliphatic heterocycles. The third-order valence-electron chi connectivity index (χ3n) is 5.43. The molecule has 2 unspecified atom stereocenters. The average Bonchev–Trinajstić information content (AvgIpc) is 3.10. The second-order valence-electron chi connectivity index (χ2n) is 7.15. The Kier molecular flexibility index (Phi) is 4.84. The number of ketones is 1. The first kappa shape index (κ1) is 18.2. The van der Waals surface area contributed by atoms with Crippen molar-refractivity contribution in [3.8, 4) is 0 Å². The number of aryl methyl sites for hydroxylation is 1. The Morgan fingerprint density at radius 3 is 2.46 bits per heavy atom. The first-order valence-corrected chi connectivity index (χ1v) is 9.41. The summed E-state index contributed by atoms with van der Waals surface area (Å²) in [5.41, 5.74) is 11.2. The van der Waals surface area contributed by atoms with E-state index < -0.39 is 6.04 Å². The minimum absolute atomic E-state index is 0.0693. The van der Waals surface area contributed by atoms with Crippen LogP contribution in [-0.4, -0.2) is 41.7 Å². The Morgan fingerprint density at radius 1 is 1.04 bits per heavy atom. The predicted octanol–water partition coefficient (Wildman–Crippen LogP) is 2.89. The number of aromatic nitrogens is 1. The van der Waals surface area contributed by atoms with Crippen molar-refractivity contribution in [2.45, 2.75) is 12.1 Å². The highest BCUT2D eigenvalue weighted by Crippen LogP contribution is 2.28. The third-order valence-corrected chi connectivity index (χ3v) is 5.43. The SMILES string of the molecule is CN1c2ccccc2C(c2ccccc2)=NCC1C(N)C(=O)c1cccn1C. The number of carbonyl (C=O) groups excluding carboxylic acids is 1. The van der Waals surface area contributed by atoms with Gasteiger partial charge in [0.25, 0.3) is 0 Å². The monoisotopic (exact) mass is 372 g/mol. The lowest BCUT2D eigenvalue weighted by Crippen LogP contribution is -2.52. The molecule has 1 aliphatic rings. The lowest BCUT2D eigenvalue weighted by molar-refractivity contribution is 0.0941. The van der Waals surface area contributed by atoms with E-state index >= 15 is 0 Å². The van der Waals surface area contributed by atoms with E-state index in [1.807, 2.05) is 67.3 Å². The molecular formula is C23H24N4O. The van der Waals surface area contributed by atoms with Crippen molar-refractivity contribution >= 4 is 17.2 Å². The fraction of sp³-hybridized carbons (Fsp3) is 0.217. The summed E-state index contributed by atoms with van der Waals surface area (Å²) in [4.78, 5) is 20.0. The van der Waals surface area contributed by atoms with Gasteiger partial charge in [-0.1, -0.05) is 48.5 Å². The number of benzodiazepines with no additional fused rings is 1. The van der Waals surface area contributed by atoms with Gasteiger partial charge in [-0.15, -0.1) is 0 Å². The van der Waals surface area contributed by atoms with Gasteiger partial charge >= 0.3 is 0 Å². The molecule has 142 valence electrons. The van der Waals surface area contributed by atoms with Crippen molar-refractivity contribution in [3.63, 3.8) is 0 Å². The third kappa shape index (κ3) is 3.14. The van der Waals surface area contributed by atoms with Crippen LogP contribution in [0.3, 0.4) is 0 Å². The first-order valence-electron chi connectivity index (χ1n) is 9.41. The van der Waals surface area contributed by atoms with Gasteiger partial charge in [-0.3, -0.25) is 9.79 Å². The molecule has 3 aromatic rings. The van der Waals surface area contributed by atoms with Crippen molar-refractivity contribution in [1.82, 2.24) is 4.57 Å². The second-order valence-corrected chi connectivity index (χ2v) is 7.15. The lowest BCUT2D eigenvalue weighted by Gasteiger charge is -2.32. The van der Waals surface area contributed by atoms with E-state index in [0.29, 0.717) is 12.2 Å². The van der Waals surface area contributed by atoms with Gasteiger partial charge in [0.05, 0.1) is 30.0 Å². The predicted molar refractivity (Wildman–Crippen MR) is 113 cm³/mol. The first-order chi connectivity index (χ1) is 13.6. The van der Waals surface area contributed by atoms with Gasteiger partial charge in [0.15, 0.2) is 5.78 Å². The number of rotatable bonds is 4. The summed E-state index contributed by atoms with van der Waals surface area (Å²) in [7, 11) is 3.85. The van der Waals surface area contributed by atoms with Gasteiger partial charge < -0.3 is 15.2 Å². The number of fused-ring (bicyclic) bond motifs is 1. The Bertz CT molecular complexity index is 1020. The Labute approximate surface area is 165 Å². The van der Waals surface area contributed by atoms with E-state index in [0.717, 1.165) is 22.5 Å². The molecule has 2 aromatic carbocycles. The lowest BCUT2D eigenvalue weighted by atomic mass is 9.99. The molecule has 0 fully saturated rings. The molecule has 0 saturated heterocycles. The number of para-hydroxylation sites is 1. The summed E-state index contributed by atoms with van der Waals surface area (Å²) >= 11 is 0. The number of likely N-dealkylation sites (N-methyl/N-ethyl adjacent to an activating group) is 1. The van der Waals surface area contributed by atoms with Crippen LogP contribution in [0.5, 0.6) is 0 Å². The number of aliphatic imine (C=N–C) groups is 1. The van der Waals surface area contributed by atoms with Crippen molar-refractivity contribution in [2.75, 3.05) is 18.5 Å². The van der Waals surface area contributed by atoms with E-state index in [-0.39, 0.29) is 11.8 Å². The van der Waals surface area contributed by atoms with Crippen LogP contribution in [0.2, 0.25) is 0 Å². The zero-order valence-electron chi connectivity index (χ0n) is 16.1. The highest BCUT2D eigenvalue weighted by molar-refractivity contribution is 6.16. The molecule has 0 amide bonds. The van der Waals surface area contributed by atoms with E-state index in [4.69, 9.17) is 10.7 Å². The summed E-state index contributed by atoms with van der Waals surface area (Å²) in [6.07, 6.45) is 1.86. The van der Waals surface area contributed by atoms with Gasteiger partial charge in [0.2, 0.25) is 0 Å². The van der Waals surface area contributed by atoms with Crippen molar-refractivity contribution < 1.29 is 4.79 Å². The van der Waals surface area contributed by atoms with Crippen molar-refractivity contribution in [3.05, 3.63) is 89.7 Å². The Morgan fingerprint density at radius 2 is 1.75 bits per heavy atom. The molecule has 2 atom stereocenters. The number of anilines is 1. The molecule has 5 heteroatoms. The molecule has 28 heavy (non-hydrogen) atoms. The van der Waals surface area contributed by atoms with Gasteiger partial charge in [-0.25, -0.2) is 0 Å². The zero-order valence-corrected chi connectivity index (χ0v) is 16.1. The number of nitrogens with two attached hydrogens (primary N) is 1. The van der Waals surface area contributed by atoms with Crippen molar-refractivity contribution in [1.29, 1.82) is 0 Å². The number of Topliss-reactive ketones (excluding diaryl/α,β-unsaturated/α-hetero) is 1. The fourth-order valence-electron chi connectivity index (χ4n) is 3.81. The van der Waals surface area contributed by atoms with Crippen LogP contribution in [0.25, 0.3) is 0 Å². The van der Waals surface area contributed by atoms with Gasteiger partial charge in [0.1, 0.15) is 0 Å². The van der Waals surface area contributed by atoms with Crippen LogP contribution >= 0.6 is 0 Å². The topological polar surface area (TPSA) is 63.6 Å². The van der Waals surface area contributed by atoms with E-state index in [2.05, 4.69) is 29.2 Å². The van der Waals surface area contributed by atoms with Crippen LogP contribution in [0.15, 0.2) is 77.9 Å². The summed E-state index contributed by atoms with van der Waals surface area (Å²) in [5.74, 6) is -0.0693. The smallest absolute Gasteiger partial charge is 0.197 e. The maximum Gasteiger partial charge on any atom is 0.197 e. The van der Waals surface area contributed by atoms with Crippen LogP contribution in [0.1, 0.15) is 21.6 Å². The second kappa shape index (κ2) is 7.44. The van der Waals surface area contributed by atoms with Crippen LogP contribution < -0.4 is 10.6 Å². The molecule has 2 heterocycles. The molecule has 0 aliphatic carbocycles. The van der Waals surface area contributed by atoms with Gasteiger partial charge in [-0.2, -0.15) is 0 Å². The molecule has 1 aromatic heterocycles. The Balaban J connectivity index is 1.75. The van der Waals surface area contributed by atoms with Gasteiger partial charge in [-0.05, 0) is 18.2 Å². The number of hydrogen-bond donors (Lipinski definition) is 1. The molecule has 0 bridgehead atoms. The maximum absolute atomic E-state index is 13.0. The zero-order chi connectivity index (χ0) is 19.7. The summed E-state index contributed by atoms with van der Waals surface area (Å²) in [6, 6.07) is 21.1. The van der Waals surface area contributed by atoms with E-state index in [9.17, 15) is 4.79 Å². The summed E-state index contributed by atoms with van der Waals surface area (Å²) < 4.78 is 1.81. The Hall–Kier alpha value is -3.18. The minimum Gasteiger partial charge on any atom is -0.367 e. The normalized spacial score (nSPS) is 17.5. The van der Waals surface area contributed by atoms with E-state index in [1.165, 1.54) is 0 Å². The van der Waals surface area contributed by atoms with Crippen molar-refractivity contribution in [2.24, 2.45) is 17.8 Å². The van der Waals surface area contributed by atoms with Crippen LogP contribution in [0, 0.1) is 0 Å². The van der Waals surface area contributed by atoms with Crippen LogP contribution in [-0.2, 0) is 7.05 Å². The number of hydrogen-bond acceptors (Lipinski definition) is 4. The number of carbonyl (C=O) groups is 1. The quantitative estimate of drug-likeness (QED) is 0.716. The van der Waals surface area contributed by atoms with E-state index in [1.54, 1.807) is 0 Å². The standard InChI is InChI=1S/C23H24N4O/c1-26-14-8-13-19(26)23(28)21(24)20-15-25-22(16-9-4-3-5-10-16)17-11-6-7-12-18(17)27(20)2/h3-14,20-21H,15,24H2,1-2H3. The molecule has 5 nitrogen and oxygen atoms in total. The molecule has 0 saturated carbocycles. The molecular weight excluding hydrogens is 348 g/mol. The number of nitrogens with zero attached hydrogens (tertiary/aromatic N) is 3. The highest BCUT2D eigenvalue weighted by atomic mass is 16.1. The molecule has 0 radical (unpaired) electrons.